The van der Waals surface area contributed by atoms with E-state index in [4.69, 9.17) is 9.47 Å². The van der Waals surface area contributed by atoms with Gasteiger partial charge >= 0.3 is 0 Å². The van der Waals surface area contributed by atoms with Gasteiger partial charge in [0.05, 0.1) is 14.2 Å². The van der Waals surface area contributed by atoms with Gasteiger partial charge in [-0.25, -0.2) is 0 Å². The summed E-state index contributed by atoms with van der Waals surface area (Å²) in [5.74, 6) is 0.888. The number of ether oxygens (including phenoxy) is 2. The number of phenols is 1. The molecule has 0 atom stereocenters. The van der Waals surface area contributed by atoms with E-state index in [-0.39, 0.29) is 18.2 Å². The van der Waals surface area contributed by atoms with Crippen molar-refractivity contribution in [3.63, 3.8) is 0 Å². The fourth-order valence-electron chi connectivity index (χ4n) is 1.25. The van der Waals surface area contributed by atoms with Crippen molar-refractivity contribution in [3.05, 3.63) is 17.7 Å². The van der Waals surface area contributed by atoms with E-state index < -0.39 is 0 Å². The Labute approximate surface area is 95.6 Å². The maximum Gasteiger partial charge on any atom is 0.200 e. The molecule has 0 saturated carbocycles. The molecule has 0 radical (unpaired) electrons. The van der Waals surface area contributed by atoms with Gasteiger partial charge in [-0.3, -0.25) is 0 Å². The Balaban J connectivity index is 0.00000196. The highest BCUT2D eigenvalue weighted by molar-refractivity contribution is 5.85. The summed E-state index contributed by atoms with van der Waals surface area (Å²) in [5, 5.41) is 12.6. The third-order valence-electron chi connectivity index (χ3n) is 1.92. The molecular formula is C10H16ClNO3. The largest absolute Gasteiger partial charge is 0.502 e. The molecule has 0 fully saturated rings. The highest BCUT2D eigenvalue weighted by Crippen LogP contribution is 2.36. The molecule has 0 heterocycles. The van der Waals surface area contributed by atoms with Crippen molar-refractivity contribution in [2.24, 2.45) is 0 Å². The average Bonchev–Trinajstić information content (AvgIpc) is 2.20. The lowest BCUT2D eigenvalue weighted by molar-refractivity contribution is 0.339. The molecule has 86 valence electrons. The fourth-order valence-corrected chi connectivity index (χ4v) is 1.25. The quantitative estimate of drug-likeness (QED) is 0.829. The van der Waals surface area contributed by atoms with Crippen LogP contribution in [0.2, 0.25) is 0 Å². The molecule has 15 heavy (non-hydrogen) atoms. The molecule has 0 aliphatic carbocycles. The van der Waals surface area contributed by atoms with Crippen molar-refractivity contribution in [2.75, 3.05) is 21.3 Å². The first kappa shape index (κ1) is 13.9. The molecule has 0 saturated heterocycles. The lowest BCUT2D eigenvalue weighted by Gasteiger charge is -2.10. The van der Waals surface area contributed by atoms with Crippen LogP contribution >= 0.6 is 12.4 Å². The van der Waals surface area contributed by atoms with Crippen molar-refractivity contribution >= 4 is 12.4 Å². The Bertz CT molecular complexity index is 293. The summed E-state index contributed by atoms with van der Waals surface area (Å²) in [7, 11) is 4.88. The van der Waals surface area contributed by atoms with Gasteiger partial charge < -0.3 is 19.9 Å². The highest BCUT2D eigenvalue weighted by atomic mass is 35.5. The molecule has 0 amide bonds. The topological polar surface area (TPSA) is 50.7 Å². The molecular weight excluding hydrogens is 218 g/mol. The Hall–Kier alpha value is -1.13. The van der Waals surface area contributed by atoms with Gasteiger partial charge in [0.25, 0.3) is 0 Å². The second-order valence-corrected chi connectivity index (χ2v) is 2.88. The number of halogens is 1. The van der Waals surface area contributed by atoms with Gasteiger partial charge in [-0.05, 0) is 24.7 Å². The van der Waals surface area contributed by atoms with Crippen LogP contribution in [0.15, 0.2) is 12.1 Å². The average molecular weight is 234 g/mol. The minimum absolute atomic E-state index is 0. The summed E-state index contributed by atoms with van der Waals surface area (Å²) >= 11 is 0. The van der Waals surface area contributed by atoms with Crippen LogP contribution in [0.1, 0.15) is 5.56 Å². The predicted molar refractivity (Wildman–Crippen MR) is 61.2 cm³/mol. The first-order valence-corrected chi connectivity index (χ1v) is 4.31. The number of hydrogen-bond acceptors (Lipinski definition) is 4. The first-order chi connectivity index (χ1) is 6.72. The van der Waals surface area contributed by atoms with Crippen LogP contribution in [0.25, 0.3) is 0 Å². The fraction of sp³-hybridized carbons (Fsp3) is 0.400. The number of phenolic OH excluding ortho intramolecular Hbond substituents is 1. The molecule has 0 unspecified atom stereocenters. The maximum atomic E-state index is 9.61. The summed E-state index contributed by atoms with van der Waals surface area (Å²) in [6, 6.07) is 3.54. The zero-order valence-electron chi connectivity index (χ0n) is 9.03. The van der Waals surface area contributed by atoms with Gasteiger partial charge in [0.15, 0.2) is 11.5 Å². The Morgan fingerprint density at radius 3 is 2.00 bits per heavy atom. The standard InChI is InChI=1S/C10H15NO3.ClH/c1-11-6-7-4-8(13-2)10(12)9(5-7)14-3;/h4-5,11-12H,6H2,1-3H3;1H. The van der Waals surface area contributed by atoms with Crippen LogP contribution in [0.3, 0.4) is 0 Å². The smallest absolute Gasteiger partial charge is 0.200 e. The normalized spacial score (nSPS) is 9.27. The predicted octanol–water partition coefficient (Wildman–Crippen LogP) is 1.55. The molecule has 4 nitrogen and oxygen atoms in total. The van der Waals surface area contributed by atoms with Gasteiger partial charge in [0, 0.05) is 6.54 Å². The zero-order valence-corrected chi connectivity index (χ0v) is 9.85. The monoisotopic (exact) mass is 233 g/mol. The van der Waals surface area contributed by atoms with Gasteiger partial charge in [-0.1, -0.05) is 0 Å². The lowest BCUT2D eigenvalue weighted by Crippen LogP contribution is -2.05. The SMILES string of the molecule is CNCc1cc(OC)c(O)c(OC)c1.Cl. The van der Waals surface area contributed by atoms with Crippen molar-refractivity contribution in [1.29, 1.82) is 0 Å². The summed E-state index contributed by atoms with van der Waals surface area (Å²) in [4.78, 5) is 0. The van der Waals surface area contributed by atoms with E-state index in [0.29, 0.717) is 18.0 Å². The van der Waals surface area contributed by atoms with Crippen LogP contribution in [0.4, 0.5) is 0 Å². The molecule has 5 heteroatoms. The van der Waals surface area contributed by atoms with E-state index in [1.165, 1.54) is 14.2 Å². The summed E-state index contributed by atoms with van der Waals surface area (Å²) in [6.07, 6.45) is 0. The second kappa shape index (κ2) is 6.37. The van der Waals surface area contributed by atoms with Gasteiger partial charge in [0.2, 0.25) is 5.75 Å². The van der Waals surface area contributed by atoms with Crippen LogP contribution in [-0.4, -0.2) is 26.4 Å². The molecule has 0 aliphatic rings. The minimum Gasteiger partial charge on any atom is -0.502 e. The third kappa shape index (κ3) is 3.18. The van der Waals surface area contributed by atoms with Crippen molar-refractivity contribution in [1.82, 2.24) is 5.32 Å². The summed E-state index contributed by atoms with van der Waals surface area (Å²) in [6.45, 7) is 0.701. The van der Waals surface area contributed by atoms with E-state index in [2.05, 4.69) is 5.32 Å². The first-order valence-electron chi connectivity index (χ1n) is 4.31. The molecule has 1 rings (SSSR count). The van der Waals surface area contributed by atoms with E-state index in [1.54, 1.807) is 12.1 Å². The van der Waals surface area contributed by atoms with E-state index in [1.807, 2.05) is 7.05 Å². The number of methoxy groups -OCH3 is 2. The van der Waals surface area contributed by atoms with E-state index >= 15 is 0 Å². The minimum atomic E-state index is 0. The number of benzene rings is 1. The van der Waals surface area contributed by atoms with Gasteiger partial charge in [0.1, 0.15) is 0 Å². The molecule has 0 aliphatic heterocycles. The van der Waals surface area contributed by atoms with Crippen LogP contribution in [0, 0.1) is 0 Å². The van der Waals surface area contributed by atoms with Crippen molar-refractivity contribution in [2.45, 2.75) is 6.54 Å². The summed E-state index contributed by atoms with van der Waals surface area (Å²) < 4.78 is 10.0. The molecule has 1 aromatic rings. The van der Waals surface area contributed by atoms with Crippen molar-refractivity contribution in [3.8, 4) is 17.2 Å². The van der Waals surface area contributed by atoms with E-state index in [0.717, 1.165) is 5.56 Å². The van der Waals surface area contributed by atoms with Gasteiger partial charge in [-0.15, -0.1) is 12.4 Å². The Morgan fingerprint density at radius 1 is 1.20 bits per heavy atom. The number of hydrogen-bond donors (Lipinski definition) is 2. The van der Waals surface area contributed by atoms with E-state index in [9.17, 15) is 5.11 Å². The maximum absolute atomic E-state index is 9.61. The number of aromatic hydroxyl groups is 1. The third-order valence-corrected chi connectivity index (χ3v) is 1.92. The van der Waals surface area contributed by atoms with Crippen LogP contribution in [-0.2, 0) is 6.54 Å². The van der Waals surface area contributed by atoms with Crippen LogP contribution < -0.4 is 14.8 Å². The highest BCUT2D eigenvalue weighted by Gasteiger charge is 2.10. The molecule has 1 aromatic carbocycles. The Morgan fingerprint density at radius 2 is 1.67 bits per heavy atom. The molecule has 2 N–H and O–H groups in total. The molecule has 0 bridgehead atoms. The Kier molecular flexibility index (Phi) is 5.89. The zero-order chi connectivity index (χ0) is 10.6. The van der Waals surface area contributed by atoms with Gasteiger partial charge in [-0.2, -0.15) is 0 Å². The summed E-state index contributed by atoms with van der Waals surface area (Å²) in [5.41, 5.74) is 0.999. The number of rotatable bonds is 4. The van der Waals surface area contributed by atoms with Crippen molar-refractivity contribution < 1.29 is 14.6 Å². The molecule has 0 aromatic heterocycles. The van der Waals surface area contributed by atoms with Crippen LogP contribution in [0.5, 0.6) is 17.2 Å². The second-order valence-electron chi connectivity index (χ2n) is 2.88. The number of nitrogens with one attached hydrogen (secondary N) is 1. The molecule has 0 spiro atoms. The lowest BCUT2D eigenvalue weighted by atomic mass is 10.2.